The van der Waals surface area contributed by atoms with E-state index >= 15 is 0 Å². The highest BCUT2D eigenvalue weighted by atomic mass is 16.4. The van der Waals surface area contributed by atoms with E-state index in [9.17, 15) is 9.90 Å². The van der Waals surface area contributed by atoms with Crippen molar-refractivity contribution in [2.75, 3.05) is 5.32 Å². The van der Waals surface area contributed by atoms with E-state index in [1.165, 1.54) is 6.07 Å². The molecule has 0 atom stereocenters. The van der Waals surface area contributed by atoms with Gasteiger partial charge in [0.25, 0.3) is 0 Å². The number of pyridine rings is 1. The largest absolute Gasteiger partial charge is 0.478 e. The maximum atomic E-state index is 11.3. The summed E-state index contributed by atoms with van der Waals surface area (Å²) < 4.78 is 5.21. The zero-order valence-corrected chi connectivity index (χ0v) is 10.5. The van der Waals surface area contributed by atoms with E-state index < -0.39 is 5.97 Å². The number of carboxylic acids is 1. The van der Waals surface area contributed by atoms with E-state index in [-0.39, 0.29) is 5.56 Å². The SMILES string of the molecule is O=C(O)c1cc(NCc2ccco2)nc2ccccc12. The van der Waals surface area contributed by atoms with Crippen molar-refractivity contribution in [2.24, 2.45) is 0 Å². The highest BCUT2D eigenvalue weighted by molar-refractivity contribution is 6.03. The van der Waals surface area contributed by atoms with Gasteiger partial charge in [0.1, 0.15) is 11.6 Å². The molecule has 2 N–H and O–H groups in total. The molecule has 100 valence electrons. The number of para-hydroxylation sites is 1. The van der Waals surface area contributed by atoms with Crippen LogP contribution in [0, 0.1) is 0 Å². The van der Waals surface area contributed by atoms with Crippen molar-refractivity contribution in [3.05, 3.63) is 60.1 Å². The summed E-state index contributed by atoms with van der Waals surface area (Å²) in [5.74, 6) is 0.305. The molecule has 0 fully saturated rings. The lowest BCUT2D eigenvalue weighted by atomic mass is 10.1. The molecule has 0 unspecified atom stereocenters. The molecule has 3 rings (SSSR count). The number of anilines is 1. The van der Waals surface area contributed by atoms with Gasteiger partial charge in [-0.1, -0.05) is 18.2 Å². The lowest BCUT2D eigenvalue weighted by Crippen LogP contribution is -2.05. The van der Waals surface area contributed by atoms with Gasteiger partial charge in [0.05, 0.1) is 23.9 Å². The summed E-state index contributed by atoms with van der Waals surface area (Å²) in [6.45, 7) is 0.456. The van der Waals surface area contributed by atoms with E-state index in [0.717, 1.165) is 5.76 Å². The van der Waals surface area contributed by atoms with Crippen LogP contribution in [0.15, 0.2) is 53.1 Å². The van der Waals surface area contributed by atoms with Gasteiger partial charge in [0, 0.05) is 5.39 Å². The van der Waals surface area contributed by atoms with E-state index in [4.69, 9.17) is 4.42 Å². The third-order valence-electron chi connectivity index (χ3n) is 2.97. The number of furan rings is 1. The van der Waals surface area contributed by atoms with Gasteiger partial charge in [0.2, 0.25) is 0 Å². The second-order valence-corrected chi connectivity index (χ2v) is 4.31. The van der Waals surface area contributed by atoms with E-state index in [0.29, 0.717) is 23.3 Å². The van der Waals surface area contributed by atoms with Gasteiger partial charge in [-0.3, -0.25) is 0 Å². The topological polar surface area (TPSA) is 75.4 Å². The molecule has 0 aliphatic carbocycles. The lowest BCUT2D eigenvalue weighted by molar-refractivity contribution is 0.0699. The average Bonchev–Trinajstić information content (AvgIpc) is 2.97. The van der Waals surface area contributed by atoms with Crippen LogP contribution >= 0.6 is 0 Å². The van der Waals surface area contributed by atoms with Gasteiger partial charge in [-0.2, -0.15) is 0 Å². The van der Waals surface area contributed by atoms with Crippen LogP contribution in [0.25, 0.3) is 10.9 Å². The van der Waals surface area contributed by atoms with Crippen LogP contribution in [-0.2, 0) is 6.54 Å². The molecule has 0 aliphatic heterocycles. The molecular weight excluding hydrogens is 256 g/mol. The third-order valence-corrected chi connectivity index (χ3v) is 2.97. The molecule has 5 nitrogen and oxygen atoms in total. The van der Waals surface area contributed by atoms with Gasteiger partial charge in [-0.15, -0.1) is 0 Å². The summed E-state index contributed by atoms with van der Waals surface area (Å²) in [5.41, 5.74) is 0.881. The summed E-state index contributed by atoms with van der Waals surface area (Å²) in [6, 6.07) is 12.3. The molecule has 5 heteroatoms. The quantitative estimate of drug-likeness (QED) is 0.760. The Kier molecular flexibility index (Phi) is 3.09. The number of benzene rings is 1. The van der Waals surface area contributed by atoms with E-state index in [1.54, 1.807) is 30.5 Å². The van der Waals surface area contributed by atoms with Crippen molar-refractivity contribution in [3.63, 3.8) is 0 Å². The second-order valence-electron chi connectivity index (χ2n) is 4.31. The number of hydrogen-bond donors (Lipinski definition) is 2. The minimum atomic E-state index is -0.968. The normalized spacial score (nSPS) is 10.6. The summed E-state index contributed by atoms with van der Waals surface area (Å²) in [5, 5.41) is 13.0. The molecule has 0 aliphatic rings. The van der Waals surface area contributed by atoms with E-state index in [1.807, 2.05) is 12.1 Å². The smallest absolute Gasteiger partial charge is 0.336 e. The first kappa shape index (κ1) is 12.2. The molecule has 2 heterocycles. The number of carboxylic acid groups (broad SMARTS) is 1. The Morgan fingerprint density at radius 3 is 2.85 bits per heavy atom. The molecule has 0 radical (unpaired) electrons. The molecule has 0 saturated heterocycles. The minimum Gasteiger partial charge on any atom is -0.478 e. The summed E-state index contributed by atoms with van der Waals surface area (Å²) >= 11 is 0. The fourth-order valence-corrected chi connectivity index (χ4v) is 2.03. The fraction of sp³-hybridized carbons (Fsp3) is 0.0667. The van der Waals surface area contributed by atoms with Gasteiger partial charge >= 0.3 is 5.97 Å². The summed E-state index contributed by atoms with van der Waals surface area (Å²) in [4.78, 5) is 15.7. The van der Waals surface area contributed by atoms with Crippen LogP contribution in [0.4, 0.5) is 5.82 Å². The van der Waals surface area contributed by atoms with Crippen LogP contribution < -0.4 is 5.32 Å². The Morgan fingerprint density at radius 1 is 1.25 bits per heavy atom. The number of rotatable bonds is 4. The van der Waals surface area contributed by atoms with Crippen molar-refractivity contribution < 1.29 is 14.3 Å². The molecule has 0 amide bonds. The first-order chi connectivity index (χ1) is 9.74. The second kappa shape index (κ2) is 5.05. The number of nitrogens with one attached hydrogen (secondary N) is 1. The van der Waals surface area contributed by atoms with Crippen molar-refractivity contribution in [2.45, 2.75) is 6.54 Å². The monoisotopic (exact) mass is 268 g/mol. The summed E-state index contributed by atoms with van der Waals surface area (Å²) in [6.07, 6.45) is 1.59. The molecule has 1 aromatic carbocycles. The minimum absolute atomic E-state index is 0.234. The van der Waals surface area contributed by atoms with Crippen molar-refractivity contribution in [1.29, 1.82) is 0 Å². The van der Waals surface area contributed by atoms with Crippen molar-refractivity contribution in [1.82, 2.24) is 4.98 Å². The molecular formula is C15H12N2O3. The van der Waals surface area contributed by atoms with Crippen LogP contribution in [-0.4, -0.2) is 16.1 Å². The Morgan fingerprint density at radius 2 is 2.10 bits per heavy atom. The molecule has 0 saturated carbocycles. The number of carbonyl (C=O) groups is 1. The number of fused-ring (bicyclic) bond motifs is 1. The first-order valence-corrected chi connectivity index (χ1v) is 6.13. The highest BCUT2D eigenvalue weighted by Crippen LogP contribution is 2.21. The maximum absolute atomic E-state index is 11.3. The predicted molar refractivity (Wildman–Crippen MR) is 74.7 cm³/mol. The fourth-order valence-electron chi connectivity index (χ4n) is 2.03. The molecule has 0 spiro atoms. The molecule has 3 aromatic rings. The Labute approximate surface area is 114 Å². The third kappa shape index (κ3) is 2.33. The van der Waals surface area contributed by atoms with Crippen LogP contribution in [0.2, 0.25) is 0 Å². The van der Waals surface area contributed by atoms with Gasteiger partial charge in [0.15, 0.2) is 0 Å². The predicted octanol–water partition coefficient (Wildman–Crippen LogP) is 3.14. The highest BCUT2D eigenvalue weighted by Gasteiger charge is 2.11. The van der Waals surface area contributed by atoms with Crippen LogP contribution in [0.3, 0.4) is 0 Å². The van der Waals surface area contributed by atoms with Crippen LogP contribution in [0.5, 0.6) is 0 Å². The first-order valence-electron chi connectivity index (χ1n) is 6.13. The zero-order valence-electron chi connectivity index (χ0n) is 10.5. The summed E-state index contributed by atoms with van der Waals surface area (Å²) in [7, 11) is 0. The van der Waals surface area contributed by atoms with Crippen molar-refractivity contribution >= 4 is 22.7 Å². The van der Waals surface area contributed by atoms with Gasteiger partial charge < -0.3 is 14.8 Å². The molecule has 2 aromatic heterocycles. The van der Waals surface area contributed by atoms with Crippen molar-refractivity contribution in [3.8, 4) is 0 Å². The molecule has 20 heavy (non-hydrogen) atoms. The van der Waals surface area contributed by atoms with E-state index in [2.05, 4.69) is 10.3 Å². The Hall–Kier alpha value is -2.82. The number of aromatic nitrogens is 1. The van der Waals surface area contributed by atoms with Gasteiger partial charge in [-0.05, 0) is 24.3 Å². The molecule has 0 bridgehead atoms. The Balaban J connectivity index is 1.97. The Bertz CT molecular complexity index is 751. The number of nitrogens with zero attached hydrogens (tertiary/aromatic N) is 1. The standard InChI is InChI=1S/C15H12N2O3/c18-15(19)12-8-14(16-9-10-4-3-7-20-10)17-13-6-2-1-5-11(12)13/h1-8H,9H2,(H,16,17)(H,18,19). The number of aromatic carboxylic acids is 1. The zero-order chi connectivity index (χ0) is 13.9. The average molecular weight is 268 g/mol. The lowest BCUT2D eigenvalue weighted by Gasteiger charge is -2.08. The maximum Gasteiger partial charge on any atom is 0.336 e. The van der Waals surface area contributed by atoms with Crippen LogP contribution in [0.1, 0.15) is 16.1 Å². The number of hydrogen-bond acceptors (Lipinski definition) is 4. The van der Waals surface area contributed by atoms with Gasteiger partial charge in [-0.25, -0.2) is 9.78 Å².